The fourth-order valence-electron chi connectivity index (χ4n) is 1.79. The molecule has 0 aliphatic rings. The number of nitrogens with one attached hydrogen (secondary N) is 2. The summed E-state index contributed by atoms with van der Waals surface area (Å²) in [5.74, 6) is -0.140. The van der Waals surface area contributed by atoms with Gasteiger partial charge in [0.1, 0.15) is 11.4 Å². The van der Waals surface area contributed by atoms with Gasteiger partial charge in [0.15, 0.2) is 0 Å². The van der Waals surface area contributed by atoms with Crippen molar-refractivity contribution in [3.05, 3.63) is 17.7 Å². The number of carboxylic acid groups (broad SMARTS) is 1. The molecule has 1 aromatic rings. The molecule has 0 spiro atoms. The van der Waals surface area contributed by atoms with Gasteiger partial charge in [-0.25, -0.2) is 4.79 Å². The number of ether oxygens (including phenoxy) is 1. The molecule has 21 heavy (non-hydrogen) atoms. The highest BCUT2D eigenvalue weighted by Gasteiger charge is 2.11. The number of methoxy groups -OCH3 is 1. The minimum atomic E-state index is -1.03. The van der Waals surface area contributed by atoms with Crippen molar-refractivity contribution in [2.24, 2.45) is 5.73 Å². The minimum Gasteiger partial charge on any atom is -0.494 e. The summed E-state index contributed by atoms with van der Waals surface area (Å²) in [5.41, 5.74) is 12.3. The van der Waals surface area contributed by atoms with Crippen LogP contribution < -0.4 is 26.8 Å². The summed E-state index contributed by atoms with van der Waals surface area (Å²) >= 11 is 0. The first-order valence-corrected chi connectivity index (χ1v) is 6.43. The molecular formula is C13H20N4O4. The molecule has 0 heterocycles. The van der Waals surface area contributed by atoms with Gasteiger partial charge in [-0.2, -0.15) is 0 Å². The predicted octanol–water partition coefficient (Wildman–Crippen LogP) is 0.836. The van der Waals surface area contributed by atoms with E-state index in [1.807, 2.05) is 0 Å². The summed E-state index contributed by atoms with van der Waals surface area (Å²) in [6, 6.07) is 3.01. The Morgan fingerprint density at radius 1 is 1.29 bits per heavy atom. The third-order valence-electron chi connectivity index (χ3n) is 2.82. The van der Waals surface area contributed by atoms with E-state index in [1.54, 1.807) is 0 Å². The van der Waals surface area contributed by atoms with Crippen LogP contribution in [0, 0.1) is 0 Å². The van der Waals surface area contributed by atoms with Crippen LogP contribution in [0.3, 0.4) is 0 Å². The van der Waals surface area contributed by atoms with Crippen LogP contribution in [-0.2, 0) is 0 Å². The van der Waals surface area contributed by atoms with Crippen molar-refractivity contribution in [2.45, 2.75) is 12.8 Å². The van der Waals surface area contributed by atoms with Gasteiger partial charge in [-0.15, -0.1) is 0 Å². The van der Waals surface area contributed by atoms with Crippen LogP contribution in [0.2, 0.25) is 0 Å². The quantitative estimate of drug-likeness (QED) is 0.355. The number of primary amides is 1. The van der Waals surface area contributed by atoms with Gasteiger partial charge in [-0.1, -0.05) is 0 Å². The Hall–Kier alpha value is -2.64. The van der Waals surface area contributed by atoms with Gasteiger partial charge < -0.3 is 31.9 Å². The lowest BCUT2D eigenvalue weighted by atomic mass is 10.1. The number of anilines is 2. The third kappa shape index (κ3) is 5.09. The molecule has 0 saturated heterocycles. The summed E-state index contributed by atoms with van der Waals surface area (Å²) in [6.07, 6.45) is 0.414. The second kappa shape index (κ2) is 7.83. The van der Waals surface area contributed by atoms with Gasteiger partial charge in [0.25, 0.3) is 0 Å². The SMILES string of the molecule is COc1cc(C(N)=O)cc(N)c1NCCCCNC(=O)O. The number of carbonyl (C=O) groups is 2. The maximum atomic E-state index is 11.2. The van der Waals surface area contributed by atoms with Crippen LogP contribution in [0.15, 0.2) is 12.1 Å². The molecule has 8 heteroatoms. The topological polar surface area (TPSA) is 140 Å². The second-order valence-electron chi connectivity index (χ2n) is 4.37. The Kier molecular flexibility index (Phi) is 6.12. The van der Waals surface area contributed by atoms with Crippen molar-refractivity contribution < 1.29 is 19.4 Å². The Balaban J connectivity index is 2.58. The number of carbonyl (C=O) groups excluding carboxylic acids is 1. The van der Waals surface area contributed by atoms with Gasteiger partial charge in [-0.3, -0.25) is 4.79 Å². The summed E-state index contributed by atoms with van der Waals surface area (Å²) in [4.78, 5) is 21.4. The number of benzene rings is 1. The molecule has 0 aromatic heterocycles. The number of hydrogen-bond donors (Lipinski definition) is 5. The van der Waals surface area contributed by atoms with Crippen molar-refractivity contribution in [1.29, 1.82) is 0 Å². The first-order valence-electron chi connectivity index (χ1n) is 6.43. The zero-order valence-electron chi connectivity index (χ0n) is 11.8. The lowest BCUT2D eigenvalue weighted by Crippen LogP contribution is -2.22. The first kappa shape index (κ1) is 16.4. The Morgan fingerprint density at radius 2 is 1.95 bits per heavy atom. The van der Waals surface area contributed by atoms with Crippen LogP contribution in [0.4, 0.5) is 16.2 Å². The van der Waals surface area contributed by atoms with Crippen LogP contribution in [-0.4, -0.2) is 37.3 Å². The van der Waals surface area contributed by atoms with Gasteiger partial charge in [0.05, 0.1) is 12.8 Å². The van der Waals surface area contributed by atoms with E-state index < -0.39 is 12.0 Å². The zero-order chi connectivity index (χ0) is 15.8. The lowest BCUT2D eigenvalue weighted by Gasteiger charge is -2.14. The maximum Gasteiger partial charge on any atom is 0.404 e. The highest BCUT2D eigenvalue weighted by atomic mass is 16.5. The van der Waals surface area contributed by atoms with Crippen molar-refractivity contribution in [1.82, 2.24) is 5.32 Å². The molecule has 0 atom stereocenters. The van der Waals surface area contributed by atoms with Gasteiger partial charge >= 0.3 is 6.09 Å². The monoisotopic (exact) mass is 296 g/mol. The van der Waals surface area contributed by atoms with Gasteiger partial charge in [0, 0.05) is 18.7 Å². The molecule has 0 fully saturated rings. The minimum absolute atomic E-state index is 0.278. The molecule has 8 nitrogen and oxygen atoms in total. The van der Waals surface area contributed by atoms with Crippen LogP contribution in [0.5, 0.6) is 5.75 Å². The van der Waals surface area contributed by atoms with E-state index >= 15 is 0 Å². The van der Waals surface area contributed by atoms with Crippen LogP contribution in [0.1, 0.15) is 23.2 Å². The molecule has 1 rings (SSSR count). The Labute approximate surface area is 122 Å². The fourth-order valence-corrected chi connectivity index (χ4v) is 1.79. The molecule has 116 valence electrons. The van der Waals surface area contributed by atoms with E-state index in [2.05, 4.69) is 10.6 Å². The molecule has 0 saturated carbocycles. The summed E-state index contributed by atoms with van der Waals surface area (Å²) in [7, 11) is 1.47. The van der Waals surface area contributed by atoms with Crippen LogP contribution in [0.25, 0.3) is 0 Å². The van der Waals surface area contributed by atoms with E-state index in [-0.39, 0.29) is 5.56 Å². The number of rotatable bonds is 8. The maximum absolute atomic E-state index is 11.2. The smallest absolute Gasteiger partial charge is 0.404 e. The average molecular weight is 296 g/mol. The summed E-state index contributed by atoms with van der Waals surface area (Å²) in [5, 5.41) is 13.8. The fraction of sp³-hybridized carbons (Fsp3) is 0.385. The van der Waals surface area contributed by atoms with Crippen molar-refractivity contribution in [3.63, 3.8) is 0 Å². The molecule has 0 aliphatic carbocycles. The number of unbranched alkanes of at least 4 members (excludes halogenated alkanes) is 1. The third-order valence-corrected chi connectivity index (χ3v) is 2.82. The zero-order valence-corrected chi connectivity index (χ0v) is 11.8. The number of nitrogens with two attached hydrogens (primary N) is 2. The largest absolute Gasteiger partial charge is 0.494 e. The average Bonchev–Trinajstić information content (AvgIpc) is 2.42. The summed E-state index contributed by atoms with van der Waals surface area (Å²) in [6.45, 7) is 0.988. The van der Waals surface area contributed by atoms with E-state index in [9.17, 15) is 9.59 Å². The number of nitrogen functional groups attached to an aromatic ring is 1. The van der Waals surface area contributed by atoms with Crippen LogP contribution >= 0.6 is 0 Å². The molecular weight excluding hydrogens is 276 g/mol. The van der Waals surface area contributed by atoms with E-state index in [1.165, 1.54) is 19.2 Å². The molecule has 0 unspecified atom stereocenters. The standard InChI is InChI=1S/C13H20N4O4/c1-21-10-7-8(12(15)18)6-9(14)11(10)16-4-2-3-5-17-13(19)20/h6-7,16-17H,2-5,14H2,1H3,(H2,15,18)(H,19,20). The second-order valence-corrected chi connectivity index (χ2v) is 4.37. The number of amides is 2. The molecule has 2 amide bonds. The van der Waals surface area contributed by atoms with Gasteiger partial charge in [0.2, 0.25) is 5.91 Å². The van der Waals surface area contributed by atoms with E-state index in [0.29, 0.717) is 36.6 Å². The molecule has 0 radical (unpaired) electrons. The normalized spacial score (nSPS) is 9.95. The van der Waals surface area contributed by atoms with Gasteiger partial charge in [-0.05, 0) is 25.0 Å². The Morgan fingerprint density at radius 3 is 2.52 bits per heavy atom. The molecule has 0 bridgehead atoms. The van der Waals surface area contributed by atoms with Crippen molar-refractivity contribution >= 4 is 23.4 Å². The van der Waals surface area contributed by atoms with E-state index in [0.717, 1.165) is 6.42 Å². The molecule has 7 N–H and O–H groups in total. The lowest BCUT2D eigenvalue weighted by molar-refractivity contribution is 0.1000. The Bertz CT molecular complexity index is 519. The van der Waals surface area contributed by atoms with E-state index in [4.69, 9.17) is 21.3 Å². The molecule has 0 aliphatic heterocycles. The number of hydrogen-bond acceptors (Lipinski definition) is 5. The highest BCUT2D eigenvalue weighted by Crippen LogP contribution is 2.32. The van der Waals surface area contributed by atoms with Crippen molar-refractivity contribution in [3.8, 4) is 5.75 Å². The highest BCUT2D eigenvalue weighted by molar-refractivity contribution is 5.96. The molecule has 1 aromatic carbocycles. The predicted molar refractivity (Wildman–Crippen MR) is 79.7 cm³/mol. The summed E-state index contributed by atoms with van der Waals surface area (Å²) < 4.78 is 5.19. The van der Waals surface area contributed by atoms with Crippen molar-refractivity contribution in [2.75, 3.05) is 31.2 Å². The first-order chi connectivity index (χ1) is 9.95.